The molecular weight excluding hydrogens is 384 g/mol. The molecule has 5 nitrogen and oxygen atoms in total. The van der Waals surface area contributed by atoms with Crippen LogP contribution in [0.4, 0.5) is 5.95 Å². The quantitative estimate of drug-likeness (QED) is 0.759. The zero-order valence-electron chi connectivity index (χ0n) is 16.7. The van der Waals surface area contributed by atoms with Gasteiger partial charge in [-0.25, -0.2) is 9.97 Å². The Kier molecular flexibility index (Phi) is 5.17. The predicted octanol–water partition coefficient (Wildman–Crippen LogP) is 4.24. The number of amides is 1. The number of aromatic nitrogens is 2. The maximum Gasteiger partial charge on any atom is 0.272 e. The number of fused-ring (bicyclic) bond motifs is 1. The second-order valence-corrected chi connectivity index (χ2v) is 8.86. The fraction of sp³-hybridized carbons (Fsp3) is 0.522. The molecule has 1 aromatic carbocycles. The van der Waals surface area contributed by atoms with Gasteiger partial charge in [-0.3, -0.25) is 4.79 Å². The number of likely N-dealkylation sites (tertiary alicyclic amines) is 1. The molecule has 5 rings (SSSR count). The van der Waals surface area contributed by atoms with Crippen LogP contribution >= 0.6 is 11.6 Å². The van der Waals surface area contributed by atoms with Gasteiger partial charge in [0.15, 0.2) is 0 Å². The average molecular weight is 411 g/mol. The van der Waals surface area contributed by atoms with E-state index in [0.717, 1.165) is 79.5 Å². The predicted molar refractivity (Wildman–Crippen MR) is 115 cm³/mol. The summed E-state index contributed by atoms with van der Waals surface area (Å²) < 4.78 is 0. The summed E-state index contributed by atoms with van der Waals surface area (Å²) in [5.74, 6) is 1.12. The largest absolute Gasteiger partial charge is 0.341 e. The Labute approximate surface area is 177 Å². The van der Waals surface area contributed by atoms with Gasteiger partial charge in [-0.05, 0) is 56.6 Å². The SMILES string of the molecule is O=C(c1nc(N2CCCC2)nc2c1CCCC2)N1CC[C@H](c2ccccc2Cl)C1. The van der Waals surface area contributed by atoms with Crippen molar-refractivity contribution in [1.29, 1.82) is 0 Å². The van der Waals surface area contributed by atoms with Crippen molar-refractivity contribution in [3.63, 3.8) is 0 Å². The first-order valence-electron chi connectivity index (χ1n) is 10.9. The van der Waals surface area contributed by atoms with Gasteiger partial charge in [0.1, 0.15) is 5.69 Å². The second kappa shape index (κ2) is 7.94. The molecule has 0 radical (unpaired) electrons. The topological polar surface area (TPSA) is 49.3 Å². The van der Waals surface area contributed by atoms with Crippen molar-refractivity contribution >= 4 is 23.5 Å². The van der Waals surface area contributed by atoms with Crippen molar-refractivity contribution in [3.8, 4) is 0 Å². The fourth-order valence-corrected chi connectivity index (χ4v) is 5.26. The van der Waals surface area contributed by atoms with E-state index < -0.39 is 0 Å². The van der Waals surface area contributed by atoms with Crippen LogP contribution in [0, 0.1) is 0 Å². The second-order valence-electron chi connectivity index (χ2n) is 8.46. The lowest BCUT2D eigenvalue weighted by atomic mass is 9.94. The van der Waals surface area contributed by atoms with Crippen LogP contribution in [-0.4, -0.2) is 47.0 Å². The minimum Gasteiger partial charge on any atom is -0.341 e. The lowest BCUT2D eigenvalue weighted by Gasteiger charge is -2.24. The summed E-state index contributed by atoms with van der Waals surface area (Å²) in [6.07, 6.45) is 7.43. The molecule has 1 amide bonds. The lowest BCUT2D eigenvalue weighted by molar-refractivity contribution is 0.0783. The van der Waals surface area contributed by atoms with Gasteiger partial charge < -0.3 is 9.80 Å². The van der Waals surface area contributed by atoms with Crippen molar-refractivity contribution in [2.24, 2.45) is 0 Å². The van der Waals surface area contributed by atoms with Crippen molar-refractivity contribution in [2.45, 2.75) is 50.9 Å². The number of nitrogens with zero attached hydrogens (tertiary/aromatic N) is 4. The number of carbonyl (C=O) groups excluding carboxylic acids is 1. The highest BCUT2D eigenvalue weighted by molar-refractivity contribution is 6.31. The molecule has 2 saturated heterocycles. The molecule has 0 N–H and O–H groups in total. The molecule has 0 unspecified atom stereocenters. The monoisotopic (exact) mass is 410 g/mol. The third-order valence-corrected chi connectivity index (χ3v) is 6.93. The third kappa shape index (κ3) is 3.61. The number of carbonyl (C=O) groups is 1. The summed E-state index contributed by atoms with van der Waals surface area (Å²) in [5.41, 5.74) is 3.98. The minimum atomic E-state index is 0.0700. The molecule has 2 aliphatic heterocycles. The Morgan fingerprint density at radius 3 is 2.62 bits per heavy atom. The fourth-order valence-electron chi connectivity index (χ4n) is 4.97. The third-order valence-electron chi connectivity index (χ3n) is 6.58. The number of aryl methyl sites for hydroxylation is 1. The van der Waals surface area contributed by atoms with Crippen LogP contribution in [0.15, 0.2) is 24.3 Å². The van der Waals surface area contributed by atoms with Crippen LogP contribution in [-0.2, 0) is 12.8 Å². The highest BCUT2D eigenvalue weighted by Gasteiger charge is 2.33. The molecule has 1 atom stereocenters. The summed E-state index contributed by atoms with van der Waals surface area (Å²) in [7, 11) is 0. The Bertz CT molecular complexity index is 925. The Morgan fingerprint density at radius 1 is 1.00 bits per heavy atom. The van der Waals surface area contributed by atoms with Crippen LogP contribution in [0.3, 0.4) is 0 Å². The van der Waals surface area contributed by atoms with Gasteiger partial charge in [0.2, 0.25) is 5.95 Å². The van der Waals surface area contributed by atoms with Gasteiger partial charge in [0.25, 0.3) is 5.91 Å². The summed E-state index contributed by atoms with van der Waals surface area (Å²) in [5, 5.41) is 0.794. The molecule has 0 bridgehead atoms. The van der Waals surface area contributed by atoms with Crippen LogP contribution in [0.25, 0.3) is 0 Å². The molecule has 0 saturated carbocycles. The number of rotatable bonds is 3. The molecule has 1 aromatic heterocycles. The van der Waals surface area contributed by atoms with Gasteiger partial charge in [-0.2, -0.15) is 0 Å². The van der Waals surface area contributed by atoms with E-state index in [9.17, 15) is 4.79 Å². The lowest BCUT2D eigenvalue weighted by Crippen LogP contribution is -2.32. The Balaban J connectivity index is 1.43. The van der Waals surface area contributed by atoms with Gasteiger partial charge in [0, 0.05) is 48.4 Å². The molecule has 3 heterocycles. The minimum absolute atomic E-state index is 0.0700. The molecule has 3 aliphatic rings. The van der Waals surface area contributed by atoms with Crippen LogP contribution in [0.1, 0.15) is 65.3 Å². The number of hydrogen-bond donors (Lipinski definition) is 0. The zero-order chi connectivity index (χ0) is 19.8. The molecule has 2 fully saturated rings. The van der Waals surface area contributed by atoms with Crippen molar-refractivity contribution in [3.05, 3.63) is 51.8 Å². The smallest absolute Gasteiger partial charge is 0.272 e. The van der Waals surface area contributed by atoms with Gasteiger partial charge in [-0.1, -0.05) is 29.8 Å². The highest BCUT2D eigenvalue weighted by Crippen LogP contribution is 2.34. The number of halogens is 1. The Morgan fingerprint density at radius 2 is 1.79 bits per heavy atom. The summed E-state index contributed by atoms with van der Waals surface area (Å²) in [6, 6.07) is 8.00. The van der Waals surface area contributed by atoms with Crippen LogP contribution in [0.5, 0.6) is 0 Å². The molecule has 2 aromatic rings. The first kappa shape index (κ1) is 18.9. The molecule has 1 aliphatic carbocycles. The van der Waals surface area contributed by atoms with E-state index in [2.05, 4.69) is 11.0 Å². The maximum atomic E-state index is 13.5. The van der Waals surface area contributed by atoms with E-state index in [1.54, 1.807) is 0 Å². The molecule has 0 spiro atoms. The zero-order valence-corrected chi connectivity index (χ0v) is 17.5. The normalized spacial score (nSPS) is 21.5. The number of anilines is 1. The van der Waals surface area contributed by atoms with Crippen molar-refractivity contribution < 1.29 is 4.79 Å². The van der Waals surface area contributed by atoms with Crippen molar-refractivity contribution in [1.82, 2.24) is 14.9 Å². The standard InChI is InChI=1S/C23H27ClN4O/c24-19-9-3-1-7-17(19)16-11-14-28(15-16)22(29)21-18-8-2-4-10-20(18)25-23(26-21)27-12-5-6-13-27/h1,3,7,9,16H,2,4-6,8,10-15H2/t16-/m0/s1. The van der Waals surface area contributed by atoms with Gasteiger partial charge in [-0.15, -0.1) is 0 Å². The number of benzene rings is 1. The molecule has 29 heavy (non-hydrogen) atoms. The maximum absolute atomic E-state index is 13.5. The summed E-state index contributed by atoms with van der Waals surface area (Å²) in [6.45, 7) is 3.45. The van der Waals surface area contributed by atoms with Crippen LogP contribution < -0.4 is 4.90 Å². The average Bonchev–Trinajstić information content (AvgIpc) is 3.45. The first-order chi connectivity index (χ1) is 14.2. The van der Waals surface area contributed by atoms with Crippen LogP contribution in [0.2, 0.25) is 5.02 Å². The van der Waals surface area contributed by atoms with E-state index >= 15 is 0 Å². The molecular formula is C23H27ClN4O. The van der Waals surface area contributed by atoms with E-state index in [1.165, 1.54) is 12.8 Å². The van der Waals surface area contributed by atoms with E-state index in [-0.39, 0.29) is 5.91 Å². The van der Waals surface area contributed by atoms with E-state index in [0.29, 0.717) is 18.2 Å². The highest BCUT2D eigenvalue weighted by atomic mass is 35.5. The van der Waals surface area contributed by atoms with Gasteiger partial charge in [0.05, 0.1) is 0 Å². The van der Waals surface area contributed by atoms with Gasteiger partial charge >= 0.3 is 0 Å². The summed E-state index contributed by atoms with van der Waals surface area (Å²) >= 11 is 6.41. The molecule has 6 heteroatoms. The van der Waals surface area contributed by atoms with Crippen molar-refractivity contribution in [2.75, 3.05) is 31.1 Å². The van der Waals surface area contributed by atoms with E-state index in [4.69, 9.17) is 21.6 Å². The summed E-state index contributed by atoms with van der Waals surface area (Å²) in [4.78, 5) is 27.4. The first-order valence-corrected chi connectivity index (χ1v) is 11.3. The Hall–Kier alpha value is -2.14. The number of hydrogen-bond acceptors (Lipinski definition) is 4. The van der Waals surface area contributed by atoms with E-state index in [1.807, 2.05) is 23.1 Å². The molecule has 152 valence electrons.